The molecule has 0 spiro atoms. The van der Waals surface area contributed by atoms with Crippen molar-refractivity contribution < 1.29 is 38.1 Å². The fourth-order valence-corrected chi connectivity index (χ4v) is 4.76. The molecule has 0 saturated heterocycles. The van der Waals surface area contributed by atoms with E-state index in [9.17, 15) is 19.2 Å². The summed E-state index contributed by atoms with van der Waals surface area (Å²) in [6, 6.07) is 14.2. The first kappa shape index (κ1) is 25.4. The Labute approximate surface area is 220 Å². The van der Waals surface area contributed by atoms with Crippen LogP contribution in [0.3, 0.4) is 0 Å². The van der Waals surface area contributed by atoms with E-state index in [0.29, 0.717) is 35.1 Å². The van der Waals surface area contributed by atoms with E-state index < -0.39 is 35.3 Å². The fourth-order valence-electron chi connectivity index (χ4n) is 4.76. The molecule has 0 N–H and O–H groups in total. The summed E-state index contributed by atoms with van der Waals surface area (Å²) < 4.78 is 21.3. The van der Waals surface area contributed by atoms with E-state index in [1.807, 2.05) is 52.0 Å². The summed E-state index contributed by atoms with van der Waals surface area (Å²) in [6.07, 6.45) is 3.59. The monoisotopic (exact) mass is 516 g/mol. The summed E-state index contributed by atoms with van der Waals surface area (Å²) in [5.74, 6) is -1.60. The van der Waals surface area contributed by atoms with Crippen LogP contribution in [0, 0.1) is 0 Å². The molecule has 196 valence electrons. The van der Waals surface area contributed by atoms with Crippen LogP contribution in [0.15, 0.2) is 71.8 Å². The van der Waals surface area contributed by atoms with Crippen LogP contribution < -0.4 is 0 Å². The van der Waals surface area contributed by atoms with Crippen molar-refractivity contribution in [2.75, 3.05) is 0 Å². The van der Waals surface area contributed by atoms with Crippen LogP contribution in [0.2, 0.25) is 0 Å². The van der Waals surface area contributed by atoms with E-state index in [4.69, 9.17) is 18.9 Å². The van der Waals surface area contributed by atoms with Crippen LogP contribution in [0.5, 0.6) is 0 Å². The molecule has 8 heteroatoms. The second-order valence-corrected chi connectivity index (χ2v) is 10.8. The van der Waals surface area contributed by atoms with Gasteiger partial charge >= 0.3 is 23.9 Å². The van der Waals surface area contributed by atoms with Crippen molar-refractivity contribution in [3.63, 3.8) is 0 Å². The van der Waals surface area contributed by atoms with Gasteiger partial charge < -0.3 is 18.9 Å². The molecule has 0 fully saturated rings. The van der Waals surface area contributed by atoms with Gasteiger partial charge in [0.25, 0.3) is 0 Å². The molecule has 4 aliphatic heterocycles. The van der Waals surface area contributed by atoms with Gasteiger partial charge in [0.15, 0.2) is 12.2 Å². The van der Waals surface area contributed by atoms with Gasteiger partial charge in [-0.15, -0.1) is 0 Å². The first-order valence-corrected chi connectivity index (χ1v) is 12.4. The molecule has 2 aromatic rings. The SMILES string of the molecule is CC1(C)CC=C(C2OC(=O)c3ccccc32)C(=O)O1.CC1(C)CC=C(C2OC(=O)c3ccccc32)C(=O)O1. The number of cyclic esters (lactones) is 4. The van der Waals surface area contributed by atoms with Crippen molar-refractivity contribution in [3.8, 4) is 0 Å². The number of hydrogen-bond donors (Lipinski definition) is 0. The van der Waals surface area contributed by atoms with Gasteiger partial charge in [-0.1, -0.05) is 48.6 Å². The van der Waals surface area contributed by atoms with E-state index in [-0.39, 0.29) is 11.9 Å². The molecule has 38 heavy (non-hydrogen) atoms. The van der Waals surface area contributed by atoms with Gasteiger partial charge in [0, 0.05) is 24.0 Å². The normalized spacial score (nSPS) is 24.3. The largest absolute Gasteiger partial charge is 0.456 e. The number of carbonyl (C=O) groups is 4. The maximum Gasteiger partial charge on any atom is 0.339 e. The molecule has 2 atom stereocenters. The molecule has 2 aromatic carbocycles. The van der Waals surface area contributed by atoms with Crippen molar-refractivity contribution in [2.24, 2.45) is 0 Å². The number of esters is 4. The minimum atomic E-state index is -0.632. The Morgan fingerprint density at radius 3 is 1.32 bits per heavy atom. The number of ether oxygens (including phenoxy) is 4. The van der Waals surface area contributed by atoms with Crippen LogP contribution in [0.25, 0.3) is 0 Å². The number of benzene rings is 2. The third-order valence-electron chi connectivity index (χ3n) is 6.78. The summed E-state index contributed by atoms with van der Waals surface area (Å²) in [4.78, 5) is 47.6. The van der Waals surface area contributed by atoms with Crippen LogP contribution in [-0.2, 0) is 28.5 Å². The summed E-state index contributed by atoms with van der Waals surface area (Å²) in [5, 5.41) is 0. The molecule has 4 heterocycles. The minimum Gasteiger partial charge on any atom is -0.456 e. The molecule has 2 unspecified atom stereocenters. The second kappa shape index (κ2) is 9.28. The Hall–Kier alpha value is -4.20. The summed E-state index contributed by atoms with van der Waals surface area (Å²) in [5.41, 5.74) is 2.34. The average molecular weight is 517 g/mol. The Balaban J connectivity index is 0.000000155. The molecule has 0 amide bonds. The third-order valence-corrected chi connectivity index (χ3v) is 6.78. The Bertz CT molecular complexity index is 1300. The molecule has 0 saturated carbocycles. The number of hydrogen-bond acceptors (Lipinski definition) is 8. The van der Waals surface area contributed by atoms with Crippen LogP contribution in [0.1, 0.15) is 84.6 Å². The van der Waals surface area contributed by atoms with Crippen molar-refractivity contribution >= 4 is 23.9 Å². The molecule has 0 radical (unpaired) electrons. The average Bonchev–Trinajstić information content (AvgIpc) is 3.36. The van der Waals surface area contributed by atoms with Crippen molar-refractivity contribution in [1.82, 2.24) is 0 Å². The first-order valence-electron chi connectivity index (χ1n) is 12.4. The molecule has 0 aromatic heterocycles. The van der Waals surface area contributed by atoms with Gasteiger partial charge in [0.1, 0.15) is 11.2 Å². The van der Waals surface area contributed by atoms with Crippen molar-refractivity contribution in [2.45, 2.75) is 63.9 Å². The second-order valence-electron chi connectivity index (χ2n) is 10.8. The van der Waals surface area contributed by atoms with E-state index in [1.165, 1.54) is 0 Å². The van der Waals surface area contributed by atoms with Crippen LogP contribution in [0.4, 0.5) is 0 Å². The summed E-state index contributed by atoms with van der Waals surface area (Å²) >= 11 is 0. The fraction of sp³-hybridized carbons (Fsp3) is 0.333. The van der Waals surface area contributed by atoms with Crippen LogP contribution >= 0.6 is 0 Å². The number of carbonyl (C=O) groups excluding carboxylic acids is 4. The molecule has 6 rings (SSSR count). The highest BCUT2D eigenvalue weighted by Gasteiger charge is 2.41. The lowest BCUT2D eigenvalue weighted by molar-refractivity contribution is -0.155. The van der Waals surface area contributed by atoms with E-state index in [2.05, 4.69) is 0 Å². The van der Waals surface area contributed by atoms with Gasteiger partial charge in [0.2, 0.25) is 0 Å². The predicted octanol–water partition coefficient (Wildman–Crippen LogP) is 5.10. The lowest BCUT2D eigenvalue weighted by Gasteiger charge is -2.30. The Morgan fingerprint density at radius 1 is 0.579 bits per heavy atom. The standard InChI is InChI=1S/2C15H14O4/c2*1-15(2)8-7-11(14(17)19-15)12-9-5-3-4-6-10(9)13(16)18-12/h2*3-7,12H,8H2,1-2H3. The molecule has 8 nitrogen and oxygen atoms in total. The maximum absolute atomic E-state index is 12.0. The van der Waals surface area contributed by atoms with Gasteiger partial charge in [-0.25, -0.2) is 19.2 Å². The lowest BCUT2D eigenvalue weighted by Crippen LogP contribution is -2.33. The Morgan fingerprint density at radius 2 is 0.947 bits per heavy atom. The third kappa shape index (κ3) is 4.74. The van der Waals surface area contributed by atoms with Gasteiger partial charge in [0.05, 0.1) is 22.3 Å². The molecule has 4 aliphatic rings. The minimum absolute atomic E-state index is 0.390. The lowest BCUT2D eigenvalue weighted by atomic mass is 9.93. The quantitative estimate of drug-likeness (QED) is 0.401. The number of fused-ring (bicyclic) bond motifs is 2. The highest BCUT2D eigenvalue weighted by atomic mass is 16.6. The summed E-state index contributed by atoms with van der Waals surface area (Å²) in [6.45, 7) is 7.42. The Kier molecular flexibility index (Phi) is 6.21. The van der Waals surface area contributed by atoms with Crippen molar-refractivity contribution in [3.05, 3.63) is 94.1 Å². The van der Waals surface area contributed by atoms with E-state index in [0.717, 1.165) is 11.1 Å². The van der Waals surface area contributed by atoms with Gasteiger partial charge in [-0.3, -0.25) is 0 Å². The van der Waals surface area contributed by atoms with E-state index in [1.54, 1.807) is 36.4 Å². The van der Waals surface area contributed by atoms with Crippen molar-refractivity contribution in [1.29, 1.82) is 0 Å². The molecule has 0 aliphatic carbocycles. The van der Waals surface area contributed by atoms with Crippen LogP contribution in [-0.4, -0.2) is 35.1 Å². The topological polar surface area (TPSA) is 105 Å². The predicted molar refractivity (Wildman–Crippen MR) is 135 cm³/mol. The van der Waals surface area contributed by atoms with Gasteiger partial charge in [-0.2, -0.15) is 0 Å². The molecular formula is C30H28O8. The highest BCUT2D eigenvalue weighted by Crippen LogP contribution is 2.40. The zero-order valence-corrected chi connectivity index (χ0v) is 21.6. The molecular weight excluding hydrogens is 488 g/mol. The maximum atomic E-state index is 12.0. The number of rotatable bonds is 2. The summed E-state index contributed by atoms with van der Waals surface area (Å²) in [7, 11) is 0. The van der Waals surface area contributed by atoms with Gasteiger partial charge in [-0.05, 0) is 39.8 Å². The first-order chi connectivity index (χ1) is 18.0. The molecule has 0 bridgehead atoms. The smallest absolute Gasteiger partial charge is 0.339 e. The highest BCUT2D eigenvalue weighted by molar-refractivity contribution is 5.99. The zero-order valence-electron chi connectivity index (χ0n) is 21.6. The zero-order chi connectivity index (χ0) is 27.2. The van der Waals surface area contributed by atoms with E-state index >= 15 is 0 Å².